The van der Waals surface area contributed by atoms with Gasteiger partial charge >= 0.3 is 0 Å². The van der Waals surface area contributed by atoms with Crippen molar-refractivity contribution >= 4 is 43.5 Å². The van der Waals surface area contributed by atoms with Crippen molar-refractivity contribution in [2.24, 2.45) is 5.84 Å². The first-order chi connectivity index (χ1) is 9.10. The maximum Gasteiger partial charge on any atom is 0.0511 e. The summed E-state index contributed by atoms with van der Waals surface area (Å²) in [5, 5.41) is 0.703. The summed E-state index contributed by atoms with van der Waals surface area (Å²) < 4.78 is 2.02. The fourth-order valence-electron chi connectivity index (χ4n) is 1.94. The molecule has 2 rings (SSSR count). The number of hydrogen-bond acceptors (Lipinski definition) is 2. The highest BCUT2D eigenvalue weighted by atomic mass is 79.9. The first-order valence-electron chi connectivity index (χ1n) is 5.75. The third kappa shape index (κ3) is 4.04. The van der Waals surface area contributed by atoms with Gasteiger partial charge in [0, 0.05) is 14.0 Å². The Kier molecular flexibility index (Phi) is 5.42. The van der Waals surface area contributed by atoms with Crippen LogP contribution in [0, 0.1) is 0 Å². The number of nitrogens with two attached hydrogens (primary N) is 1. The number of hydrogen-bond donors (Lipinski definition) is 2. The molecule has 0 aliphatic heterocycles. The van der Waals surface area contributed by atoms with Crippen LogP contribution in [0.2, 0.25) is 5.02 Å². The van der Waals surface area contributed by atoms with Gasteiger partial charge in [0.05, 0.1) is 6.04 Å². The molecule has 2 aromatic carbocycles. The van der Waals surface area contributed by atoms with E-state index in [2.05, 4.69) is 49.4 Å². The number of rotatable bonds is 4. The van der Waals surface area contributed by atoms with Gasteiger partial charge in [-0.3, -0.25) is 11.3 Å². The number of halogens is 3. The Bertz CT molecular complexity index is 575. The highest BCUT2D eigenvalue weighted by molar-refractivity contribution is 9.10. The van der Waals surface area contributed by atoms with Crippen LogP contribution in [-0.4, -0.2) is 0 Å². The predicted molar refractivity (Wildman–Crippen MR) is 87.1 cm³/mol. The molecule has 19 heavy (non-hydrogen) atoms. The van der Waals surface area contributed by atoms with Crippen LogP contribution >= 0.6 is 43.5 Å². The number of hydrazine groups is 1. The Hall–Kier alpha value is -0.390. The van der Waals surface area contributed by atoms with Gasteiger partial charge in [-0.2, -0.15) is 0 Å². The molecule has 0 amide bonds. The average Bonchev–Trinajstić information content (AvgIpc) is 2.37. The molecule has 2 aromatic rings. The normalized spacial score (nSPS) is 12.4. The predicted octanol–water partition coefficient (Wildman–Crippen LogP) is 4.61. The Morgan fingerprint density at radius 3 is 2.58 bits per heavy atom. The first kappa shape index (κ1) is 15.0. The molecule has 2 nitrogen and oxygen atoms in total. The van der Waals surface area contributed by atoms with Crippen LogP contribution in [0.1, 0.15) is 17.2 Å². The molecule has 0 aliphatic carbocycles. The molecule has 0 fully saturated rings. The van der Waals surface area contributed by atoms with Crippen LogP contribution in [0.4, 0.5) is 0 Å². The second kappa shape index (κ2) is 6.86. The molecule has 1 atom stereocenters. The van der Waals surface area contributed by atoms with E-state index in [0.717, 1.165) is 20.9 Å². The summed E-state index contributed by atoms with van der Waals surface area (Å²) in [7, 11) is 0. The van der Waals surface area contributed by atoms with E-state index in [1.165, 1.54) is 5.56 Å². The van der Waals surface area contributed by atoms with Crippen LogP contribution in [0.5, 0.6) is 0 Å². The third-order valence-corrected chi connectivity index (χ3v) is 4.28. The quantitative estimate of drug-likeness (QED) is 0.577. The van der Waals surface area contributed by atoms with Crippen molar-refractivity contribution in [3.05, 3.63) is 67.6 Å². The lowest BCUT2D eigenvalue weighted by atomic mass is 9.99. The minimum Gasteiger partial charge on any atom is -0.271 e. The van der Waals surface area contributed by atoms with Crippen molar-refractivity contribution in [3.8, 4) is 0 Å². The minimum atomic E-state index is 0.0286. The number of benzene rings is 2. The Morgan fingerprint density at radius 2 is 1.95 bits per heavy atom. The van der Waals surface area contributed by atoms with Gasteiger partial charge in [0.2, 0.25) is 0 Å². The van der Waals surface area contributed by atoms with Crippen LogP contribution in [0.3, 0.4) is 0 Å². The molecule has 0 spiro atoms. The molecule has 0 saturated heterocycles. The van der Waals surface area contributed by atoms with Gasteiger partial charge in [-0.25, -0.2) is 0 Å². The lowest BCUT2D eigenvalue weighted by Crippen LogP contribution is -2.29. The molecule has 0 bridgehead atoms. The highest BCUT2D eigenvalue weighted by Gasteiger charge is 2.14. The Labute approximate surface area is 134 Å². The lowest BCUT2D eigenvalue weighted by Gasteiger charge is -2.18. The SMILES string of the molecule is NNC(Cc1cccc(Br)c1)c1ccc(Cl)cc1Br. The number of nitrogens with one attached hydrogen (secondary N) is 1. The van der Waals surface area contributed by atoms with Crippen molar-refractivity contribution < 1.29 is 0 Å². The zero-order chi connectivity index (χ0) is 13.8. The second-order valence-corrected chi connectivity index (χ2v) is 6.43. The van der Waals surface area contributed by atoms with E-state index in [1.807, 2.05) is 30.3 Å². The Morgan fingerprint density at radius 1 is 1.16 bits per heavy atom. The minimum absolute atomic E-state index is 0.0286. The summed E-state index contributed by atoms with van der Waals surface area (Å²) >= 11 is 13.0. The summed E-state index contributed by atoms with van der Waals surface area (Å²) in [5.41, 5.74) is 5.16. The van der Waals surface area contributed by atoms with E-state index in [4.69, 9.17) is 17.4 Å². The average molecular weight is 405 g/mol. The molecule has 100 valence electrons. The summed E-state index contributed by atoms with van der Waals surface area (Å²) in [4.78, 5) is 0. The van der Waals surface area contributed by atoms with E-state index >= 15 is 0 Å². The molecule has 3 N–H and O–H groups in total. The van der Waals surface area contributed by atoms with Crippen molar-refractivity contribution in [2.45, 2.75) is 12.5 Å². The molecule has 1 unspecified atom stereocenters. The van der Waals surface area contributed by atoms with Gasteiger partial charge in [-0.15, -0.1) is 0 Å². The second-order valence-electron chi connectivity index (χ2n) is 4.22. The third-order valence-electron chi connectivity index (χ3n) is 2.87. The zero-order valence-electron chi connectivity index (χ0n) is 10.0. The molecule has 5 heteroatoms. The van der Waals surface area contributed by atoms with E-state index < -0.39 is 0 Å². The van der Waals surface area contributed by atoms with Crippen molar-refractivity contribution in [2.75, 3.05) is 0 Å². The van der Waals surface area contributed by atoms with Crippen molar-refractivity contribution in [3.63, 3.8) is 0 Å². The maximum absolute atomic E-state index is 5.96. The van der Waals surface area contributed by atoms with Crippen LogP contribution in [0.15, 0.2) is 51.4 Å². The van der Waals surface area contributed by atoms with Gasteiger partial charge in [-0.1, -0.05) is 61.7 Å². The van der Waals surface area contributed by atoms with E-state index in [1.54, 1.807) is 0 Å². The molecule has 0 aromatic heterocycles. The maximum atomic E-state index is 5.96. The van der Waals surface area contributed by atoms with Gasteiger partial charge < -0.3 is 0 Å². The lowest BCUT2D eigenvalue weighted by molar-refractivity contribution is 0.550. The van der Waals surface area contributed by atoms with Gasteiger partial charge in [0.1, 0.15) is 0 Å². The van der Waals surface area contributed by atoms with E-state index in [0.29, 0.717) is 5.02 Å². The Balaban J connectivity index is 2.25. The fourth-order valence-corrected chi connectivity index (χ4v) is 3.35. The molecule has 0 heterocycles. The van der Waals surface area contributed by atoms with Crippen molar-refractivity contribution in [1.29, 1.82) is 0 Å². The van der Waals surface area contributed by atoms with Crippen LogP contribution in [0.25, 0.3) is 0 Å². The summed E-state index contributed by atoms with van der Waals surface area (Å²) in [5.74, 6) is 5.68. The highest BCUT2D eigenvalue weighted by Crippen LogP contribution is 2.28. The topological polar surface area (TPSA) is 38.0 Å². The standard InChI is InChI=1S/C14H13Br2ClN2/c15-10-3-1-2-9(6-10)7-14(19-18)12-5-4-11(17)8-13(12)16/h1-6,8,14,19H,7,18H2. The monoisotopic (exact) mass is 402 g/mol. The van der Waals surface area contributed by atoms with Gasteiger partial charge in [0.25, 0.3) is 0 Å². The van der Waals surface area contributed by atoms with Crippen LogP contribution < -0.4 is 11.3 Å². The van der Waals surface area contributed by atoms with E-state index in [9.17, 15) is 0 Å². The summed E-state index contributed by atoms with van der Waals surface area (Å²) in [6.07, 6.45) is 0.802. The molecule has 0 aliphatic rings. The molecule has 0 saturated carbocycles. The molecular weight excluding hydrogens is 391 g/mol. The molecule has 0 radical (unpaired) electrons. The zero-order valence-corrected chi connectivity index (χ0v) is 14.0. The largest absolute Gasteiger partial charge is 0.271 e. The van der Waals surface area contributed by atoms with Gasteiger partial charge in [-0.05, 0) is 41.8 Å². The summed E-state index contributed by atoms with van der Waals surface area (Å²) in [6, 6.07) is 14.0. The smallest absolute Gasteiger partial charge is 0.0511 e. The molecular formula is C14H13Br2ClN2. The van der Waals surface area contributed by atoms with Gasteiger partial charge in [0.15, 0.2) is 0 Å². The van der Waals surface area contributed by atoms with Crippen molar-refractivity contribution in [1.82, 2.24) is 5.43 Å². The van der Waals surface area contributed by atoms with Crippen LogP contribution in [-0.2, 0) is 6.42 Å². The summed E-state index contributed by atoms with van der Waals surface area (Å²) in [6.45, 7) is 0. The first-order valence-corrected chi connectivity index (χ1v) is 7.72. The van der Waals surface area contributed by atoms with E-state index in [-0.39, 0.29) is 6.04 Å². The fraction of sp³-hybridized carbons (Fsp3) is 0.143.